The van der Waals surface area contributed by atoms with Crippen LogP contribution < -0.4 is 4.74 Å². The largest absolute Gasteiger partial charge is 0.496 e. The normalized spacial score (nSPS) is 9.00. The van der Waals surface area contributed by atoms with E-state index in [9.17, 15) is 4.79 Å². The molecule has 0 N–H and O–H groups in total. The van der Waals surface area contributed by atoms with Gasteiger partial charge in [0.25, 0.3) is 5.91 Å². The number of benzene rings is 1. The maximum atomic E-state index is 11.2. The number of azide groups is 1. The van der Waals surface area contributed by atoms with Gasteiger partial charge in [0.2, 0.25) is 0 Å². The van der Waals surface area contributed by atoms with Gasteiger partial charge < -0.3 is 4.74 Å². The fourth-order valence-electron chi connectivity index (χ4n) is 0.942. The van der Waals surface area contributed by atoms with Crippen LogP contribution in [0.1, 0.15) is 10.4 Å². The molecule has 0 aliphatic heterocycles. The summed E-state index contributed by atoms with van der Waals surface area (Å²) in [7, 11) is 1.41. The minimum absolute atomic E-state index is 0.151. The number of methoxy groups -OCH3 is 1. The molecule has 0 aliphatic carbocycles. The molecule has 0 fully saturated rings. The summed E-state index contributed by atoms with van der Waals surface area (Å²) in [6.07, 6.45) is 0. The molecule has 1 aromatic rings. The van der Waals surface area contributed by atoms with E-state index in [0.29, 0.717) is 10.8 Å². The van der Waals surface area contributed by atoms with E-state index in [2.05, 4.69) is 10.0 Å². The van der Waals surface area contributed by atoms with Crippen molar-refractivity contribution in [1.82, 2.24) is 0 Å². The Morgan fingerprint density at radius 3 is 2.93 bits per heavy atom. The molecule has 6 heteroatoms. The van der Waals surface area contributed by atoms with Crippen molar-refractivity contribution in [3.8, 4) is 5.75 Å². The minimum atomic E-state index is -0.716. The lowest BCUT2D eigenvalue weighted by Crippen LogP contribution is -1.97. The van der Waals surface area contributed by atoms with E-state index in [-0.39, 0.29) is 5.56 Å². The van der Waals surface area contributed by atoms with Crippen molar-refractivity contribution < 1.29 is 9.53 Å². The quantitative estimate of drug-likeness (QED) is 0.429. The highest BCUT2D eigenvalue weighted by Gasteiger charge is 2.10. The predicted molar refractivity (Wildman–Crippen MR) is 51.5 cm³/mol. The van der Waals surface area contributed by atoms with Gasteiger partial charge in [0, 0.05) is 9.93 Å². The molecule has 0 saturated heterocycles. The van der Waals surface area contributed by atoms with Crippen LogP contribution in [0.15, 0.2) is 23.3 Å². The minimum Gasteiger partial charge on any atom is -0.496 e. The van der Waals surface area contributed by atoms with Gasteiger partial charge in [0.1, 0.15) is 5.75 Å². The molecule has 14 heavy (non-hydrogen) atoms. The molecule has 1 aromatic carbocycles. The van der Waals surface area contributed by atoms with Gasteiger partial charge in [-0.2, -0.15) is 0 Å². The van der Waals surface area contributed by atoms with Gasteiger partial charge in [-0.25, -0.2) is 0 Å². The van der Waals surface area contributed by atoms with Crippen LogP contribution in [-0.2, 0) is 0 Å². The second-order valence-corrected chi connectivity index (χ2v) is 2.78. The van der Waals surface area contributed by atoms with Gasteiger partial charge in [-0.3, -0.25) is 4.79 Å². The summed E-state index contributed by atoms with van der Waals surface area (Å²) in [6, 6.07) is 4.49. The summed E-state index contributed by atoms with van der Waals surface area (Å²) in [5.74, 6) is -0.390. The molecule has 72 valence electrons. The smallest absolute Gasteiger partial charge is 0.252 e. The Hall–Kier alpha value is -1.71. The Bertz CT molecular complexity index is 413. The lowest BCUT2D eigenvalue weighted by atomic mass is 10.2. The van der Waals surface area contributed by atoms with Crippen molar-refractivity contribution in [3.05, 3.63) is 39.2 Å². The van der Waals surface area contributed by atoms with Crippen molar-refractivity contribution >= 4 is 17.5 Å². The van der Waals surface area contributed by atoms with Crippen LogP contribution in [0.3, 0.4) is 0 Å². The summed E-state index contributed by atoms with van der Waals surface area (Å²) in [5.41, 5.74) is 8.25. The number of halogens is 1. The van der Waals surface area contributed by atoms with E-state index < -0.39 is 5.91 Å². The summed E-state index contributed by atoms with van der Waals surface area (Å²) in [4.78, 5) is 13.6. The first-order valence-electron chi connectivity index (χ1n) is 3.62. The van der Waals surface area contributed by atoms with Crippen molar-refractivity contribution in [2.45, 2.75) is 0 Å². The summed E-state index contributed by atoms with van der Waals surface area (Å²) >= 11 is 5.68. The molecular weight excluding hydrogens is 206 g/mol. The molecule has 0 radical (unpaired) electrons. The highest BCUT2D eigenvalue weighted by atomic mass is 35.5. The number of amides is 1. The molecule has 0 spiro atoms. The molecule has 0 heterocycles. The number of rotatable bonds is 2. The van der Waals surface area contributed by atoms with E-state index in [1.165, 1.54) is 19.2 Å². The molecule has 1 amide bonds. The Morgan fingerprint density at radius 2 is 2.36 bits per heavy atom. The Balaban J connectivity index is 3.23. The van der Waals surface area contributed by atoms with E-state index >= 15 is 0 Å². The summed E-state index contributed by atoms with van der Waals surface area (Å²) < 4.78 is 4.91. The molecular formula is C8H6ClN3O2. The summed E-state index contributed by atoms with van der Waals surface area (Å²) in [6.45, 7) is 0. The number of carbonyl (C=O) groups is 1. The van der Waals surface area contributed by atoms with Crippen molar-refractivity contribution in [2.75, 3.05) is 7.11 Å². The fourth-order valence-corrected chi connectivity index (χ4v) is 1.11. The van der Waals surface area contributed by atoms with Gasteiger partial charge in [0.05, 0.1) is 12.7 Å². The third kappa shape index (κ3) is 2.16. The molecule has 0 bridgehead atoms. The first-order valence-corrected chi connectivity index (χ1v) is 4.00. The zero-order chi connectivity index (χ0) is 10.6. The van der Waals surface area contributed by atoms with Crippen LogP contribution >= 0.6 is 11.6 Å². The second-order valence-electron chi connectivity index (χ2n) is 2.34. The fraction of sp³-hybridized carbons (Fsp3) is 0.125. The monoisotopic (exact) mass is 211 g/mol. The molecule has 0 atom stereocenters. The maximum absolute atomic E-state index is 11.2. The maximum Gasteiger partial charge on any atom is 0.252 e. The van der Waals surface area contributed by atoms with Crippen LogP contribution in [0.25, 0.3) is 10.4 Å². The zero-order valence-electron chi connectivity index (χ0n) is 7.27. The van der Waals surface area contributed by atoms with E-state index in [1.54, 1.807) is 6.07 Å². The highest BCUT2D eigenvalue weighted by molar-refractivity contribution is 6.31. The van der Waals surface area contributed by atoms with Crippen LogP contribution in [0, 0.1) is 0 Å². The number of nitrogens with zero attached hydrogens (tertiary/aromatic N) is 3. The number of hydrogen-bond donors (Lipinski definition) is 0. The van der Waals surface area contributed by atoms with E-state index in [4.69, 9.17) is 21.9 Å². The first-order chi connectivity index (χ1) is 6.69. The zero-order valence-corrected chi connectivity index (χ0v) is 8.02. The Morgan fingerprint density at radius 1 is 1.64 bits per heavy atom. The van der Waals surface area contributed by atoms with E-state index in [0.717, 1.165) is 0 Å². The number of hydrogen-bond acceptors (Lipinski definition) is 2. The van der Waals surface area contributed by atoms with Crippen LogP contribution in [0.2, 0.25) is 5.02 Å². The third-order valence-electron chi connectivity index (χ3n) is 1.53. The van der Waals surface area contributed by atoms with Gasteiger partial charge in [-0.05, 0) is 28.8 Å². The highest BCUT2D eigenvalue weighted by Crippen LogP contribution is 2.23. The van der Waals surface area contributed by atoms with E-state index in [1.807, 2.05) is 0 Å². The topological polar surface area (TPSA) is 75.1 Å². The second kappa shape index (κ2) is 4.50. The molecule has 0 unspecified atom stereocenters. The van der Waals surface area contributed by atoms with Crippen molar-refractivity contribution in [3.63, 3.8) is 0 Å². The first kappa shape index (κ1) is 10.4. The average molecular weight is 212 g/mol. The van der Waals surface area contributed by atoms with Crippen molar-refractivity contribution in [1.29, 1.82) is 0 Å². The lowest BCUT2D eigenvalue weighted by molar-refractivity contribution is 0.0997. The SMILES string of the molecule is COc1ccc(Cl)cc1C(=O)N=[N+]=[N-]. The number of carbonyl (C=O) groups excluding carboxylic acids is 1. The van der Waals surface area contributed by atoms with Gasteiger partial charge in [-0.1, -0.05) is 11.6 Å². The third-order valence-corrected chi connectivity index (χ3v) is 1.76. The van der Waals surface area contributed by atoms with Crippen molar-refractivity contribution in [2.24, 2.45) is 5.11 Å². The Labute approximate surface area is 84.9 Å². The van der Waals surface area contributed by atoms with Gasteiger partial charge in [-0.15, -0.1) is 0 Å². The van der Waals surface area contributed by atoms with Crippen LogP contribution in [-0.4, -0.2) is 13.0 Å². The molecule has 1 rings (SSSR count). The molecule has 0 saturated carbocycles. The average Bonchev–Trinajstić information content (AvgIpc) is 2.18. The standard InChI is InChI=1S/C8H6ClN3O2/c1-14-7-3-2-5(9)4-6(7)8(13)11-12-10/h2-4H,1H3. The predicted octanol–water partition coefficient (Wildman–Crippen LogP) is 2.80. The van der Waals surface area contributed by atoms with Gasteiger partial charge in [0.15, 0.2) is 0 Å². The molecule has 5 nitrogen and oxygen atoms in total. The van der Waals surface area contributed by atoms with Crippen LogP contribution in [0.4, 0.5) is 0 Å². The Kier molecular flexibility index (Phi) is 3.34. The lowest BCUT2D eigenvalue weighted by Gasteiger charge is -2.04. The molecule has 0 aromatic heterocycles. The molecule has 0 aliphatic rings. The number of ether oxygens (including phenoxy) is 1. The van der Waals surface area contributed by atoms with Gasteiger partial charge >= 0.3 is 0 Å². The van der Waals surface area contributed by atoms with Crippen LogP contribution in [0.5, 0.6) is 5.75 Å². The summed E-state index contributed by atoms with van der Waals surface area (Å²) in [5, 5.41) is 3.32.